The van der Waals surface area contributed by atoms with Crippen molar-refractivity contribution in [3.63, 3.8) is 0 Å². The maximum atomic E-state index is 14.3. The van der Waals surface area contributed by atoms with Crippen LogP contribution in [0.15, 0.2) is 41.3 Å². The van der Waals surface area contributed by atoms with E-state index in [0.29, 0.717) is 18.1 Å². The average molecular weight is 411 g/mol. The van der Waals surface area contributed by atoms with E-state index in [0.717, 1.165) is 0 Å². The van der Waals surface area contributed by atoms with Crippen LogP contribution >= 0.6 is 0 Å². The second kappa shape index (κ2) is 7.87. The highest BCUT2D eigenvalue weighted by Crippen LogP contribution is 2.19. The first-order chi connectivity index (χ1) is 14.5. The lowest BCUT2D eigenvalue weighted by Crippen LogP contribution is -2.22. The number of benzene rings is 1. The zero-order chi connectivity index (χ0) is 21.3. The number of carbonyl (C=O) groups is 1. The molecule has 30 heavy (non-hydrogen) atoms. The Morgan fingerprint density at radius 2 is 2.10 bits per heavy atom. The zero-order valence-electron chi connectivity index (χ0n) is 16.2. The molecule has 10 nitrogen and oxygen atoms in total. The van der Waals surface area contributed by atoms with Crippen molar-refractivity contribution in [3.8, 4) is 11.6 Å². The zero-order valence-corrected chi connectivity index (χ0v) is 16.2. The number of nitrogens with zero attached hydrogens (tertiary/aromatic N) is 5. The molecule has 4 aromatic rings. The first-order valence-corrected chi connectivity index (χ1v) is 9.15. The molecular weight excluding hydrogens is 393 g/mol. The highest BCUT2D eigenvalue weighted by molar-refractivity contribution is 5.91. The van der Waals surface area contributed by atoms with Crippen molar-refractivity contribution in [1.82, 2.24) is 29.5 Å². The summed E-state index contributed by atoms with van der Waals surface area (Å²) in [5, 5.41) is 11.3. The Labute approximate surface area is 169 Å². The fraction of sp³-hybridized carbons (Fsp3) is 0.211. The predicted octanol–water partition coefficient (Wildman–Crippen LogP) is 1.72. The van der Waals surface area contributed by atoms with Crippen molar-refractivity contribution in [1.29, 1.82) is 0 Å². The number of para-hydroxylation sites is 1. The fourth-order valence-corrected chi connectivity index (χ4v) is 2.93. The lowest BCUT2D eigenvalue weighted by Gasteiger charge is -2.09. The van der Waals surface area contributed by atoms with E-state index in [1.807, 2.05) is 0 Å². The molecule has 0 aliphatic heterocycles. The van der Waals surface area contributed by atoms with Gasteiger partial charge in [-0.15, -0.1) is 0 Å². The molecule has 4 rings (SSSR count). The van der Waals surface area contributed by atoms with Crippen LogP contribution in [0.1, 0.15) is 12.6 Å². The number of anilines is 1. The number of rotatable bonds is 6. The molecule has 1 aromatic carbocycles. The molecule has 2 N–H and O–H groups in total. The lowest BCUT2D eigenvalue weighted by atomic mass is 10.3. The van der Waals surface area contributed by atoms with Gasteiger partial charge in [0.05, 0.1) is 11.9 Å². The first-order valence-electron chi connectivity index (χ1n) is 9.15. The van der Waals surface area contributed by atoms with E-state index in [4.69, 9.17) is 4.74 Å². The van der Waals surface area contributed by atoms with Crippen molar-refractivity contribution >= 4 is 22.8 Å². The van der Waals surface area contributed by atoms with Gasteiger partial charge in [0.25, 0.3) is 11.5 Å². The lowest BCUT2D eigenvalue weighted by molar-refractivity contribution is -0.120. The van der Waals surface area contributed by atoms with E-state index < -0.39 is 11.4 Å². The number of aryl methyl sites for hydroxylation is 1. The SMILES string of the molecule is CCOCC(=O)Nc1cc(C)nn1-c1nc2c(cnn2-c2ccccc2F)c(=O)[nH]1. The van der Waals surface area contributed by atoms with E-state index in [1.165, 1.54) is 27.7 Å². The van der Waals surface area contributed by atoms with Crippen LogP contribution in [-0.2, 0) is 9.53 Å². The van der Waals surface area contributed by atoms with Crippen molar-refractivity contribution < 1.29 is 13.9 Å². The van der Waals surface area contributed by atoms with Crippen LogP contribution in [0, 0.1) is 12.7 Å². The molecule has 0 bridgehead atoms. The maximum absolute atomic E-state index is 14.3. The van der Waals surface area contributed by atoms with Gasteiger partial charge in [-0.3, -0.25) is 14.6 Å². The summed E-state index contributed by atoms with van der Waals surface area (Å²) in [7, 11) is 0. The Balaban J connectivity index is 1.81. The molecule has 3 aromatic heterocycles. The molecule has 0 fully saturated rings. The van der Waals surface area contributed by atoms with E-state index in [2.05, 4.69) is 25.5 Å². The topological polar surface area (TPSA) is 120 Å². The van der Waals surface area contributed by atoms with Crippen molar-refractivity contribution in [2.75, 3.05) is 18.5 Å². The minimum atomic E-state index is -0.509. The molecule has 11 heteroatoms. The minimum absolute atomic E-state index is 0.0467. The van der Waals surface area contributed by atoms with Crippen LogP contribution in [0.2, 0.25) is 0 Å². The Morgan fingerprint density at radius 3 is 2.87 bits per heavy atom. The highest BCUT2D eigenvalue weighted by atomic mass is 19.1. The van der Waals surface area contributed by atoms with E-state index in [1.54, 1.807) is 32.0 Å². The number of nitrogens with one attached hydrogen (secondary N) is 2. The van der Waals surface area contributed by atoms with Gasteiger partial charge >= 0.3 is 0 Å². The predicted molar refractivity (Wildman–Crippen MR) is 106 cm³/mol. The van der Waals surface area contributed by atoms with Gasteiger partial charge in [0, 0.05) is 12.7 Å². The van der Waals surface area contributed by atoms with Crippen LogP contribution in [-0.4, -0.2) is 48.6 Å². The molecule has 3 heterocycles. The number of ether oxygens (including phenoxy) is 1. The number of carbonyl (C=O) groups excluding carboxylic acids is 1. The number of hydrogen-bond donors (Lipinski definition) is 2. The van der Waals surface area contributed by atoms with Crippen LogP contribution in [0.4, 0.5) is 10.2 Å². The first kappa shape index (κ1) is 19.5. The summed E-state index contributed by atoms with van der Waals surface area (Å²) < 4.78 is 21.9. The second-order valence-electron chi connectivity index (χ2n) is 6.40. The molecule has 0 saturated heterocycles. The molecule has 0 radical (unpaired) electrons. The summed E-state index contributed by atoms with van der Waals surface area (Å²) in [6.07, 6.45) is 1.32. The van der Waals surface area contributed by atoms with Crippen LogP contribution in [0.3, 0.4) is 0 Å². The number of fused-ring (bicyclic) bond motifs is 1. The van der Waals surface area contributed by atoms with Crippen molar-refractivity contribution in [2.45, 2.75) is 13.8 Å². The number of halogens is 1. The molecule has 0 aliphatic carbocycles. The maximum Gasteiger partial charge on any atom is 0.263 e. The van der Waals surface area contributed by atoms with Gasteiger partial charge in [-0.2, -0.15) is 19.9 Å². The molecular formula is C19H18FN7O3. The van der Waals surface area contributed by atoms with Gasteiger partial charge < -0.3 is 10.1 Å². The van der Waals surface area contributed by atoms with Crippen molar-refractivity contribution in [3.05, 3.63) is 58.4 Å². The summed E-state index contributed by atoms with van der Waals surface area (Å²) in [6, 6.07) is 7.66. The summed E-state index contributed by atoms with van der Waals surface area (Å²) in [6.45, 7) is 3.79. The third kappa shape index (κ3) is 3.57. The number of aromatic nitrogens is 6. The number of hydrogen-bond acceptors (Lipinski definition) is 6. The second-order valence-corrected chi connectivity index (χ2v) is 6.40. The Hall–Kier alpha value is -3.86. The largest absolute Gasteiger partial charge is 0.372 e. The highest BCUT2D eigenvalue weighted by Gasteiger charge is 2.17. The van der Waals surface area contributed by atoms with Crippen molar-refractivity contribution in [2.24, 2.45) is 0 Å². The number of H-pyrrole nitrogens is 1. The van der Waals surface area contributed by atoms with Gasteiger partial charge in [0.2, 0.25) is 5.95 Å². The standard InChI is InChI=1S/C19H18FN7O3/c1-3-30-10-16(28)22-15-8-11(2)25-27(15)19-23-17-12(18(29)24-19)9-21-26(17)14-7-5-4-6-13(14)20/h4-9H,3,10H2,1-2H3,(H,22,28)(H,23,24,29). The summed E-state index contributed by atoms with van der Waals surface area (Å²) in [4.78, 5) is 31.7. The molecule has 0 unspecified atom stereocenters. The van der Waals surface area contributed by atoms with E-state index in [-0.39, 0.29) is 35.2 Å². The van der Waals surface area contributed by atoms with Crippen LogP contribution in [0.5, 0.6) is 0 Å². The summed E-state index contributed by atoms with van der Waals surface area (Å²) in [5.41, 5.74) is 0.418. The van der Waals surface area contributed by atoms with Gasteiger partial charge in [0.15, 0.2) is 5.65 Å². The Kier molecular flexibility index (Phi) is 5.11. The average Bonchev–Trinajstić information content (AvgIpc) is 3.30. The van der Waals surface area contributed by atoms with E-state index in [9.17, 15) is 14.0 Å². The van der Waals surface area contributed by atoms with Gasteiger partial charge in [0.1, 0.15) is 29.3 Å². The Bertz CT molecular complexity index is 1290. The molecule has 1 amide bonds. The third-order valence-electron chi connectivity index (χ3n) is 4.24. The minimum Gasteiger partial charge on any atom is -0.372 e. The number of amides is 1. The monoisotopic (exact) mass is 411 g/mol. The normalized spacial score (nSPS) is 11.2. The Morgan fingerprint density at radius 1 is 1.30 bits per heavy atom. The quantitative estimate of drug-likeness (QED) is 0.499. The summed E-state index contributed by atoms with van der Waals surface area (Å²) >= 11 is 0. The smallest absolute Gasteiger partial charge is 0.263 e. The molecule has 0 spiro atoms. The fourth-order valence-electron chi connectivity index (χ4n) is 2.93. The van der Waals surface area contributed by atoms with Gasteiger partial charge in [-0.25, -0.2) is 9.07 Å². The number of aromatic amines is 1. The third-order valence-corrected chi connectivity index (χ3v) is 4.24. The van der Waals surface area contributed by atoms with Crippen LogP contribution < -0.4 is 10.9 Å². The van der Waals surface area contributed by atoms with Gasteiger partial charge in [-0.05, 0) is 26.0 Å². The molecule has 0 aliphatic rings. The molecule has 154 valence electrons. The van der Waals surface area contributed by atoms with Gasteiger partial charge in [-0.1, -0.05) is 12.1 Å². The van der Waals surface area contributed by atoms with E-state index >= 15 is 0 Å². The summed E-state index contributed by atoms with van der Waals surface area (Å²) in [5.74, 6) is -0.537. The molecule has 0 atom stereocenters. The van der Waals surface area contributed by atoms with Crippen LogP contribution in [0.25, 0.3) is 22.7 Å². The molecule has 0 saturated carbocycles.